The Labute approximate surface area is 101 Å². The Morgan fingerprint density at radius 2 is 1.80 bits per heavy atom. The van der Waals surface area contributed by atoms with E-state index in [4.69, 9.17) is 16.6 Å². The molecule has 0 aliphatic carbocycles. The molecule has 5 nitrogen and oxygen atoms in total. The first kappa shape index (κ1) is 20.1. The zero-order valence-electron chi connectivity index (χ0n) is 8.61. The maximum Gasteiger partial charge on any atom is 0.320 e. The summed E-state index contributed by atoms with van der Waals surface area (Å²) >= 11 is 4.64. The molecule has 92 valence electrons. The van der Waals surface area contributed by atoms with Crippen LogP contribution in [0, 0.1) is 0 Å². The minimum Gasteiger partial charge on any atom is -0.480 e. The molecule has 1 atom stereocenters. The van der Waals surface area contributed by atoms with Crippen LogP contribution in [0.2, 0.25) is 0 Å². The summed E-state index contributed by atoms with van der Waals surface area (Å²) in [5.74, 6) is -0.933. The van der Waals surface area contributed by atoms with Gasteiger partial charge in [0.1, 0.15) is 6.04 Å². The molecular formula is C8H18Cl2N2O3. The minimum absolute atomic E-state index is 0. The summed E-state index contributed by atoms with van der Waals surface area (Å²) in [6.45, 7) is 1.90. The Morgan fingerprint density at radius 3 is 2.07 bits per heavy atom. The molecule has 0 rings (SSSR count). The fourth-order valence-corrected chi connectivity index (χ4v) is 0.632. The number of halogens is 2. The number of carboxylic acid groups (broad SMARTS) is 1. The Kier molecular flexibility index (Phi) is 18.3. The molecule has 0 aromatic rings. The van der Waals surface area contributed by atoms with Crippen LogP contribution in [0.25, 0.3) is 0 Å². The molecule has 0 aliphatic heterocycles. The van der Waals surface area contributed by atoms with E-state index in [1.807, 2.05) is 0 Å². The molecule has 0 aromatic heterocycles. The van der Waals surface area contributed by atoms with Gasteiger partial charge in [0.05, 0.1) is 0 Å². The van der Waals surface area contributed by atoms with E-state index in [0.717, 1.165) is 12.8 Å². The fourth-order valence-electron chi connectivity index (χ4n) is 0.632. The van der Waals surface area contributed by atoms with Crippen LogP contribution in [-0.4, -0.2) is 28.9 Å². The number of hydrogen-bond acceptors (Lipinski definition) is 4. The molecule has 15 heavy (non-hydrogen) atoms. The fraction of sp³-hybridized carbons (Fsp3) is 0.750. The van der Waals surface area contributed by atoms with Gasteiger partial charge in [0, 0.05) is 6.92 Å². The van der Waals surface area contributed by atoms with Crippen LogP contribution in [0.1, 0.15) is 26.2 Å². The first-order valence-electron chi connectivity index (χ1n) is 4.26. The molecule has 0 spiro atoms. The third-order valence-corrected chi connectivity index (χ3v) is 1.29. The molecule has 0 heterocycles. The molecule has 0 saturated carbocycles. The lowest BCUT2D eigenvalue weighted by molar-refractivity contribution is -0.138. The molecule has 0 radical (unpaired) electrons. The lowest BCUT2D eigenvalue weighted by atomic mass is 10.1. The molecule has 0 aromatic carbocycles. The maximum atomic E-state index is 10.1. The molecule has 5 N–H and O–H groups in total. The first-order chi connectivity index (χ1) is 6.41. The van der Waals surface area contributed by atoms with Crippen LogP contribution in [-0.2, 0) is 9.59 Å². The lowest BCUT2D eigenvalue weighted by Crippen LogP contribution is -2.29. The SMILES string of the molecule is CC(=O)Cl.Cl.NCCCCC(N)C(=O)O. The van der Waals surface area contributed by atoms with Crippen molar-refractivity contribution in [1.82, 2.24) is 0 Å². The van der Waals surface area contributed by atoms with Crippen molar-refractivity contribution in [2.24, 2.45) is 11.5 Å². The number of aliphatic carboxylic acids is 1. The lowest BCUT2D eigenvalue weighted by Gasteiger charge is -2.03. The zero-order chi connectivity index (χ0) is 11.6. The number of nitrogens with two attached hydrogens (primary N) is 2. The smallest absolute Gasteiger partial charge is 0.320 e. The van der Waals surface area contributed by atoms with Crippen molar-refractivity contribution >= 4 is 35.2 Å². The number of hydrogen-bond donors (Lipinski definition) is 3. The van der Waals surface area contributed by atoms with Gasteiger partial charge in [-0.3, -0.25) is 9.59 Å². The number of carboxylic acids is 1. The van der Waals surface area contributed by atoms with E-state index >= 15 is 0 Å². The molecule has 0 bridgehead atoms. The molecule has 0 amide bonds. The van der Waals surface area contributed by atoms with Crippen LogP contribution in [0.15, 0.2) is 0 Å². The second-order valence-electron chi connectivity index (χ2n) is 2.70. The molecule has 0 saturated heterocycles. The van der Waals surface area contributed by atoms with Gasteiger partial charge in [-0.15, -0.1) is 12.4 Å². The van der Waals surface area contributed by atoms with Crippen LogP contribution in [0.3, 0.4) is 0 Å². The predicted octanol–water partition coefficient (Wildman–Crippen LogP) is 0.721. The number of rotatable bonds is 5. The van der Waals surface area contributed by atoms with Crippen molar-refractivity contribution in [2.45, 2.75) is 32.2 Å². The summed E-state index contributed by atoms with van der Waals surface area (Å²) in [6, 6.07) is -0.716. The van der Waals surface area contributed by atoms with Crippen molar-refractivity contribution in [3.05, 3.63) is 0 Å². The summed E-state index contributed by atoms with van der Waals surface area (Å²) < 4.78 is 0. The average molecular weight is 261 g/mol. The largest absolute Gasteiger partial charge is 0.480 e. The van der Waals surface area contributed by atoms with Crippen molar-refractivity contribution in [2.75, 3.05) is 6.54 Å². The highest BCUT2D eigenvalue weighted by Gasteiger charge is 2.09. The Hall–Kier alpha value is -0.360. The molecule has 7 heteroatoms. The standard InChI is InChI=1S/C6H14N2O2.C2H3ClO.ClH/c7-4-2-1-3-5(8)6(9)10;1-2(3)4;/h5H,1-4,7-8H2,(H,9,10);1H3;1H. The van der Waals surface area contributed by atoms with Crippen LogP contribution in [0.4, 0.5) is 0 Å². The van der Waals surface area contributed by atoms with Crippen molar-refractivity contribution in [1.29, 1.82) is 0 Å². The van der Waals surface area contributed by atoms with Crippen LogP contribution < -0.4 is 11.5 Å². The summed E-state index contributed by atoms with van der Waals surface area (Å²) in [6.07, 6.45) is 2.16. The van der Waals surface area contributed by atoms with Gasteiger partial charge in [0.25, 0.3) is 0 Å². The highest BCUT2D eigenvalue weighted by molar-refractivity contribution is 6.62. The predicted molar refractivity (Wildman–Crippen MR) is 62.3 cm³/mol. The average Bonchev–Trinajstić information content (AvgIpc) is 2.03. The topological polar surface area (TPSA) is 106 Å². The summed E-state index contributed by atoms with van der Waals surface area (Å²) in [7, 11) is 0. The van der Waals surface area contributed by atoms with E-state index in [1.165, 1.54) is 6.92 Å². The van der Waals surface area contributed by atoms with Gasteiger partial charge < -0.3 is 16.6 Å². The quantitative estimate of drug-likeness (QED) is 0.499. The number of carbonyl (C=O) groups is 2. The number of unbranched alkanes of at least 4 members (excludes halogenated alkanes) is 1. The highest BCUT2D eigenvalue weighted by Crippen LogP contribution is 1.96. The van der Waals surface area contributed by atoms with Crippen molar-refractivity contribution in [3.63, 3.8) is 0 Å². The van der Waals surface area contributed by atoms with Crippen LogP contribution in [0.5, 0.6) is 0 Å². The van der Waals surface area contributed by atoms with Gasteiger partial charge in [-0.2, -0.15) is 0 Å². The van der Waals surface area contributed by atoms with Gasteiger partial charge in [-0.05, 0) is 31.0 Å². The second kappa shape index (κ2) is 13.6. The summed E-state index contributed by atoms with van der Waals surface area (Å²) in [4.78, 5) is 19.3. The zero-order valence-corrected chi connectivity index (χ0v) is 10.2. The van der Waals surface area contributed by atoms with Crippen LogP contribution >= 0.6 is 24.0 Å². The Bertz CT molecular complexity index is 175. The van der Waals surface area contributed by atoms with Crippen molar-refractivity contribution in [3.8, 4) is 0 Å². The molecular weight excluding hydrogens is 243 g/mol. The summed E-state index contributed by atoms with van der Waals surface area (Å²) in [5, 5.41) is 7.96. The molecule has 0 fully saturated rings. The van der Waals surface area contributed by atoms with Gasteiger partial charge >= 0.3 is 5.97 Å². The van der Waals surface area contributed by atoms with Crippen molar-refractivity contribution < 1.29 is 14.7 Å². The third kappa shape index (κ3) is 24.8. The van der Waals surface area contributed by atoms with Gasteiger partial charge in [0.15, 0.2) is 0 Å². The first-order valence-corrected chi connectivity index (χ1v) is 4.64. The monoisotopic (exact) mass is 260 g/mol. The van der Waals surface area contributed by atoms with E-state index in [-0.39, 0.29) is 17.6 Å². The van der Waals surface area contributed by atoms with E-state index in [9.17, 15) is 9.59 Å². The second-order valence-corrected chi connectivity index (χ2v) is 3.23. The Morgan fingerprint density at radius 1 is 1.40 bits per heavy atom. The van der Waals surface area contributed by atoms with E-state index in [1.54, 1.807) is 0 Å². The van der Waals surface area contributed by atoms with Gasteiger partial charge in [-0.25, -0.2) is 0 Å². The maximum absolute atomic E-state index is 10.1. The Balaban J connectivity index is -0.000000249. The normalized spacial score (nSPS) is 10.4. The van der Waals surface area contributed by atoms with Gasteiger partial charge in [0.2, 0.25) is 5.24 Å². The molecule has 1 unspecified atom stereocenters. The van der Waals surface area contributed by atoms with Gasteiger partial charge in [-0.1, -0.05) is 6.42 Å². The number of carbonyl (C=O) groups excluding carboxylic acids is 1. The van der Waals surface area contributed by atoms with E-state index < -0.39 is 12.0 Å². The highest BCUT2D eigenvalue weighted by atomic mass is 35.5. The van der Waals surface area contributed by atoms with E-state index in [2.05, 4.69) is 11.6 Å². The van der Waals surface area contributed by atoms with E-state index in [0.29, 0.717) is 13.0 Å². The molecule has 0 aliphatic rings. The minimum atomic E-state index is -0.933. The summed E-state index contributed by atoms with van der Waals surface area (Å²) in [5.41, 5.74) is 10.4. The third-order valence-electron chi connectivity index (χ3n) is 1.29.